The second-order valence-corrected chi connectivity index (χ2v) is 5.13. The van der Waals surface area contributed by atoms with Crippen LogP contribution < -0.4 is 11.1 Å². The van der Waals surface area contributed by atoms with Gasteiger partial charge in [-0.1, -0.05) is 0 Å². The first-order valence-electron chi connectivity index (χ1n) is 6.50. The van der Waals surface area contributed by atoms with Crippen molar-refractivity contribution in [3.05, 3.63) is 12.2 Å². The summed E-state index contributed by atoms with van der Waals surface area (Å²) in [4.78, 5) is 15.7. The highest BCUT2D eigenvalue weighted by atomic mass is 16.1. The van der Waals surface area contributed by atoms with Gasteiger partial charge in [0.1, 0.15) is 12.2 Å². The summed E-state index contributed by atoms with van der Waals surface area (Å²) in [5.74, 6) is 0.592. The molecule has 6 heteroatoms. The molecule has 0 bridgehead atoms. The molecule has 1 aliphatic rings. The van der Waals surface area contributed by atoms with E-state index in [-0.39, 0.29) is 23.9 Å². The predicted octanol–water partition coefficient (Wildman–Crippen LogP) is 0.255. The van der Waals surface area contributed by atoms with Gasteiger partial charge in [-0.3, -0.25) is 4.79 Å². The van der Waals surface area contributed by atoms with E-state index in [1.165, 1.54) is 0 Å². The highest BCUT2D eigenvalue weighted by Crippen LogP contribution is 2.19. The number of nitrogens with one attached hydrogen (secondary N) is 1. The quantitative estimate of drug-likeness (QED) is 0.803. The number of nitrogens with zero attached hydrogens (tertiary/aromatic N) is 3. The van der Waals surface area contributed by atoms with Crippen LogP contribution in [0.4, 0.5) is 0 Å². The minimum absolute atomic E-state index is 0.0814. The number of aromatic nitrogens is 3. The Morgan fingerprint density at radius 2 is 2.44 bits per heavy atom. The molecule has 2 rings (SSSR count). The summed E-state index contributed by atoms with van der Waals surface area (Å²) in [6.45, 7) is 5.07. The van der Waals surface area contributed by atoms with Crippen molar-refractivity contribution in [3.8, 4) is 0 Å². The molecule has 0 radical (unpaired) electrons. The Kier molecular flexibility index (Phi) is 3.96. The van der Waals surface area contributed by atoms with Crippen molar-refractivity contribution < 1.29 is 4.79 Å². The van der Waals surface area contributed by atoms with Crippen molar-refractivity contribution in [3.63, 3.8) is 0 Å². The molecule has 1 fully saturated rings. The number of carbonyl (C=O) groups excluding carboxylic acids is 1. The summed E-state index contributed by atoms with van der Waals surface area (Å²) < 4.78 is 1.90. The van der Waals surface area contributed by atoms with Crippen LogP contribution in [0.15, 0.2) is 6.33 Å². The van der Waals surface area contributed by atoms with E-state index in [0.29, 0.717) is 6.42 Å². The standard InChI is InChI=1S/C12H21N5O/c1-8(2)17-11(15-7-16-17)6-10-9(12(13)18)4-3-5-14-10/h7-10,14H,3-6H2,1-2H3,(H2,13,18). The molecule has 18 heavy (non-hydrogen) atoms. The van der Waals surface area contributed by atoms with Crippen LogP contribution in [0.5, 0.6) is 0 Å². The molecule has 1 aromatic rings. The van der Waals surface area contributed by atoms with Crippen LogP contribution in [0, 0.1) is 5.92 Å². The van der Waals surface area contributed by atoms with E-state index in [4.69, 9.17) is 5.73 Å². The van der Waals surface area contributed by atoms with Gasteiger partial charge in [0, 0.05) is 18.5 Å². The van der Waals surface area contributed by atoms with Crippen LogP contribution in [0.3, 0.4) is 0 Å². The first-order valence-corrected chi connectivity index (χ1v) is 6.50. The molecule has 6 nitrogen and oxygen atoms in total. The maximum atomic E-state index is 11.5. The van der Waals surface area contributed by atoms with Crippen molar-refractivity contribution in [1.82, 2.24) is 20.1 Å². The van der Waals surface area contributed by atoms with Crippen molar-refractivity contribution in [2.75, 3.05) is 6.54 Å². The van der Waals surface area contributed by atoms with Crippen LogP contribution in [0.2, 0.25) is 0 Å². The maximum absolute atomic E-state index is 11.5. The number of hydrogen-bond acceptors (Lipinski definition) is 4. The summed E-state index contributed by atoms with van der Waals surface area (Å²) in [6, 6.07) is 0.357. The molecule has 0 spiro atoms. The molecular weight excluding hydrogens is 230 g/mol. The van der Waals surface area contributed by atoms with Crippen molar-refractivity contribution in [1.29, 1.82) is 0 Å². The largest absolute Gasteiger partial charge is 0.369 e. The Bertz CT molecular complexity index is 414. The number of primary amides is 1. The lowest BCUT2D eigenvalue weighted by Crippen LogP contribution is -2.48. The Labute approximate surface area is 107 Å². The molecule has 2 unspecified atom stereocenters. The number of nitrogens with two attached hydrogens (primary N) is 1. The predicted molar refractivity (Wildman–Crippen MR) is 67.8 cm³/mol. The fraction of sp³-hybridized carbons (Fsp3) is 0.750. The van der Waals surface area contributed by atoms with Gasteiger partial charge in [0.25, 0.3) is 0 Å². The van der Waals surface area contributed by atoms with E-state index in [1.54, 1.807) is 6.33 Å². The summed E-state index contributed by atoms with van der Waals surface area (Å²) in [7, 11) is 0. The molecule has 1 amide bonds. The van der Waals surface area contributed by atoms with Gasteiger partial charge < -0.3 is 11.1 Å². The van der Waals surface area contributed by atoms with E-state index in [1.807, 2.05) is 4.68 Å². The highest BCUT2D eigenvalue weighted by Gasteiger charge is 2.30. The molecule has 1 aromatic heterocycles. The zero-order chi connectivity index (χ0) is 13.1. The SMILES string of the molecule is CC(C)n1ncnc1CC1NCCCC1C(N)=O. The summed E-state index contributed by atoms with van der Waals surface area (Å²) in [6.07, 6.45) is 4.13. The lowest BCUT2D eigenvalue weighted by Gasteiger charge is -2.30. The average molecular weight is 251 g/mol. The van der Waals surface area contributed by atoms with E-state index in [0.717, 1.165) is 25.2 Å². The molecular formula is C12H21N5O. The van der Waals surface area contributed by atoms with E-state index >= 15 is 0 Å². The molecule has 2 heterocycles. The Morgan fingerprint density at radius 3 is 3.11 bits per heavy atom. The van der Waals surface area contributed by atoms with Crippen molar-refractivity contribution in [2.45, 2.75) is 45.2 Å². The number of rotatable bonds is 4. The van der Waals surface area contributed by atoms with Crippen LogP contribution in [-0.4, -0.2) is 33.3 Å². The van der Waals surface area contributed by atoms with Crippen LogP contribution >= 0.6 is 0 Å². The molecule has 0 saturated carbocycles. The van der Waals surface area contributed by atoms with Gasteiger partial charge >= 0.3 is 0 Å². The third-order valence-corrected chi connectivity index (χ3v) is 3.49. The number of hydrogen-bond donors (Lipinski definition) is 2. The van der Waals surface area contributed by atoms with Crippen LogP contribution in [-0.2, 0) is 11.2 Å². The lowest BCUT2D eigenvalue weighted by atomic mass is 9.88. The normalized spacial score (nSPS) is 24.4. The van der Waals surface area contributed by atoms with E-state index in [9.17, 15) is 4.79 Å². The summed E-state index contributed by atoms with van der Waals surface area (Å²) >= 11 is 0. The van der Waals surface area contributed by atoms with E-state index < -0.39 is 0 Å². The van der Waals surface area contributed by atoms with Gasteiger partial charge in [-0.2, -0.15) is 5.10 Å². The number of amides is 1. The Hall–Kier alpha value is -1.43. The smallest absolute Gasteiger partial charge is 0.222 e. The van der Waals surface area contributed by atoms with Gasteiger partial charge in [0.05, 0.1) is 5.92 Å². The third kappa shape index (κ3) is 2.69. The molecule has 2 atom stereocenters. The minimum Gasteiger partial charge on any atom is -0.369 e. The number of piperidine rings is 1. The van der Waals surface area contributed by atoms with Crippen molar-refractivity contribution in [2.24, 2.45) is 11.7 Å². The fourth-order valence-corrected chi connectivity index (χ4v) is 2.56. The second kappa shape index (κ2) is 5.48. The molecule has 0 aliphatic carbocycles. The van der Waals surface area contributed by atoms with Crippen molar-refractivity contribution >= 4 is 5.91 Å². The number of carbonyl (C=O) groups is 1. The highest BCUT2D eigenvalue weighted by molar-refractivity contribution is 5.77. The molecule has 1 aliphatic heterocycles. The molecule has 0 aromatic carbocycles. The van der Waals surface area contributed by atoms with Gasteiger partial charge in [-0.25, -0.2) is 9.67 Å². The average Bonchev–Trinajstić information content (AvgIpc) is 2.77. The summed E-state index contributed by atoms with van der Waals surface area (Å²) in [5, 5.41) is 7.59. The summed E-state index contributed by atoms with van der Waals surface area (Å²) in [5.41, 5.74) is 5.46. The van der Waals surface area contributed by atoms with Crippen LogP contribution in [0.1, 0.15) is 38.6 Å². The van der Waals surface area contributed by atoms with Gasteiger partial charge in [0.2, 0.25) is 5.91 Å². The minimum atomic E-state index is -0.220. The van der Waals surface area contributed by atoms with Gasteiger partial charge in [-0.15, -0.1) is 0 Å². The first-order chi connectivity index (χ1) is 8.59. The molecule has 1 saturated heterocycles. The van der Waals surface area contributed by atoms with E-state index in [2.05, 4.69) is 29.2 Å². The maximum Gasteiger partial charge on any atom is 0.222 e. The second-order valence-electron chi connectivity index (χ2n) is 5.13. The zero-order valence-corrected chi connectivity index (χ0v) is 11.0. The zero-order valence-electron chi connectivity index (χ0n) is 11.0. The monoisotopic (exact) mass is 251 g/mol. The van der Waals surface area contributed by atoms with Crippen LogP contribution in [0.25, 0.3) is 0 Å². The molecule has 100 valence electrons. The lowest BCUT2D eigenvalue weighted by molar-refractivity contribution is -0.123. The Balaban J connectivity index is 2.11. The molecule has 3 N–H and O–H groups in total. The van der Waals surface area contributed by atoms with Gasteiger partial charge in [-0.05, 0) is 33.2 Å². The Morgan fingerprint density at radius 1 is 1.67 bits per heavy atom. The third-order valence-electron chi connectivity index (χ3n) is 3.49. The first kappa shape index (κ1) is 13.0. The fourth-order valence-electron chi connectivity index (χ4n) is 2.56. The van der Waals surface area contributed by atoms with Gasteiger partial charge in [0.15, 0.2) is 0 Å². The topological polar surface area (TPSA) is 85.8 Å².